The molecule has 0 unspecified atom stereocenters. The zero-order chi connectivity index (χ0) is 21.1. The molecule has 4 rings (SSSR count). The molecule has 1 aliphatic heterocycles. The third kappa shape index (κ3) is 4.10. The van der Waals surface area contributed by atoms with Crippen molar-refractivity contribution in [2.75, 3.05) is 0 Å². The van der Waals surface area contributed by atoms with Crippen LogP contribution >= 0.6 is 11.8 Å². The molecular weight excluding hydrogens is 390 g/mol. The van der Waals surface area contributed by atoms with Gasteiger partial charge < -0.3 is 0 Å². The minimum Gasteiger partial charge on any atom is -0.269 e. The summed E-state index contributed by atoms with van der Waals surface area (Å²) >= 11 is 1.45. The summed E-state index contributed by atoms with van der Waals surface area (Å²) in [4.78, 5) is 28.6. The number of nitrogens with zero attached hydrogens (tertiary/aromatic N) is 1. The van der Waals surface area contributed by atoms with Crippen LogP contribution in [0.15, 0.2) is 83.8 Å². The molecule has 3 nitrogen and oxygen atoms in total. The number of hydrogen-bond donors (Lipinski definition) is 0. The Morgan fingerprint density at radius 1 is 0.767 bits per heavy atom. The molecule has 0 saturated carbocycles. The minimum absolute atomic E-state index is 0.209. The fourth-order valence-corrected chi connectivity index (χ4v) is 4.74. The molecular formula is C26H23NO2S. The van der Waals surface area contributed by atoms with Crippen LogP contribution in [0.2, 0.25) is 0 Å². The van der Waals surface area contributed by atoms with Crippen molar-refractivity contribution in [3.05, 3.63) is 112 Å². The highest BCUT2D eigenvalue weighted by atomic mass is 32.2. The maximum Gasteiger partial charge on any atom is 0.268 e. The van der Waals surface area contributed by atoms with E-state index in [1.54, 1.807) is 0 Å². The largest absolute Gasteiger partial charge is 0.269 e. The van der Waals surface area contributed by atoms with E-state index in [2.05, 4.69) is 6.07 Å². The lowest BCUT2D eigenvalue weighted by molar-refractivity contribution is -0.137. The van der Waals surface area contributed by atoms with Gasteiger partial charge in [0.1, 0.15) is 0 Å². The molecule has 0 bridgehead atoms. The molecule has 2 amide bonds. The smallest absolute Gasteiger partial charge is 0.268 e. The maximum atomic E-state index is 13.4. The summed E-state index contributed by atoms with van der Waals surface area (Å²) in [7, 11) is 0. The zero-order valence-corrected chi connectivity index (χ0v) is 17.9. The molecule has 0 saturated heterocycles. The van der Waals surface area contributed by atoms with Crippen molar-refractivity contribution in [1.82, 2.24) is 4.90 Å². The lowest BCUT2D eigenvalue weighted by atomic mass is 9.99. The molecule has 1 aliphatic rings. The van der Waals surface area contributed by atoms with Crippen molar-refractivity contribution in [3.63, 3.8) is 0 Å². The van der Waals surface area contributed by atoms with E-state index in [4.69, 9.17) is 0 Å². The second-order valence-corrected chi connectivity index (χ2v) is 8.46. The van der Waals surface area contributed by atoms with E-state index in [0.717, 1.165) is 27.8 Å². The normalized spacial score (nSPS) is 14.0. The lowest BCUT2D eigenvalue weighted by Gasteiger charge is -2.15. The Kier molecular flexibility index (Phi) is 5.86. The van der Waals surface area contributed by atoms with Gasteiger partial charge in [0.05, 0.1) is 17.0 Å². The predicted molar refractivity (Wildman–Crippen MR) is 123 cm³/mol. The van der Waals surface area contributed by atoms with Crippen molar-refractivity contribution in [2.24, 2.45) is 0 Å². The lowest BCUT2D eigenvalue weighted by Crippen LogP contribution is -2.31. The minimum atomic E-state index is -0.216. The highest BCUT2D eigenvalue weighted by Crippen LogP contribution is 2.39. The first kappa shape index (κ1) is 20.2. The molecule has 30 heavy (non-hydrogen) atoms. The Morgan fingerprint density at radius 3 is 2.03 bits per heavy atom. The van der Waals surface area contributed by atoms with Gasteiger partial charge in [-0.3, -0.25) is 14.5 Å². The van der Waals surface area contributed by atoms with Crippen LogP contribution in [0, 0.1) is 13.8 Å². The molecule has 0 fully saturated rings. The van der Waals surface area contributed by atoms with Crippen LogP contribution in [-0.2, 0) is 21.9 Å². The monoisotopic (exact) mass is 413 g/mol. The van der Waals surface area contributed by atoms with Gasteiger partial charge in [0, 0.05) is 5.75 Å². The first-order valence-electron chi connectivity index (χ1n) is 9.93. The predicted octanol–water partition coefficient (Wildman–Crippen LogP) is 5.52. The second-order valence-electron chi connectivity index (χ2n) is 7.48. The van der Waals surface area contributed by atoms with E-state index in [1.807, 2.05) is 86.6 Å². The zero-order valence-electron chi connectivity index (χ0n) is 17.1. The molecule has 0 radical (unpaired) electrons. The summed E-state index contributed by atoms with van der Waals surface area (Å²) in [5.74, 6) is 0.217. The fraction of sp³-hybridized carbons (Fsp3) is 0.154. The molecule has 0 atom stereocenters. The van der Waals surface area contributed by atoms with Gasteiger partial charge >= 0.3 is 0 Å². The number of amides is 2. The number of aryl methyl sites for hydroxylation is 2. The van der Waals surface area contributed by atoms with Gasteiger partial charge in [0.15, 0.2) is 0 Å². The van der Waals surface area contributed by atoms with E-state index in [0.29, 0.717) is 16.2 Å². The summed E-state index contributed by atoms with van der Waals surface area (Å²) in [6.45, 7) is 4.30. The number of hydrogen-bond acceptors (Lipinski definition) is 3. The average molecular weight is 414 g/mol. The average Bonchev–Trinajstić information content (AvgIpc) is 2.98. The van der Waals surface area contributed by atoms with Crippen LogP contribution in [0.3, 0.4) is 0 Å². The number of benzene rings is 3. The summed E-state index contributed by atoms with van der Waals surface area (Å²) in [6.07, 6.45) is 0. The maximum absolute atomic E-state index is 13.4. The van der Waals surface area contributed by atoms with Crippen molar-refractivity contribution < 1.29 is 9.59 Å². The molecule has 4 heteroatoms. The third-order valence-corrected chi connectivity index (χ3v) is 6.33. The molecule has 150 valence electrons. The van der Waals surface area contributed by atoms with Gasteiger partial charge in [-0.05, 0) is 36.1 Å². The number of rotatable bonds is 6. The van der Waals surface area contributed by atoms with Crippen molar-refractivity contribution in [1.29, 1.82) is 0 Å². The van der Waals surface area contributed by atoms with E-state index in [9.17, 15) is 9.59 Å². The van der Waals surface area contributed by atoms with Crippen LogP contribution in [0.4, 0.5) is 0 Å². The van der Waals surface area contributed by atoms with Crippen LogP contribution < -0.4 is 0 Å². The second kappa shape index (κ2) is 8.72. The molecule has 0 N–H and O–H groups in total. The Morgan fingerprint density at radius 2 is 1.40 bits per heavy atom. The van der Waals surface area contributed by atoms with Crippen LogP contribution in [0.25, 0.3) is 5.57 Å². The molecule has 1 heterocycles. The highest BCUT2D eigenvalue weighted by Gasteiger charge is 2.39. The number of carbonyl (C=O) groups excluding carboxylic acids is 2. The van der Waals surface area contributed by atoms with Gasteiger partial charge in [-0.15, -0.1) is 11.8 Å². The number of imide groups is 1. The standard InChI is InChI=1S/C26H23NO2S/c1-18-13-14-22(19(2)15-18)23-24(30-17-21-11-7-4-8-12-21)26(29)27(25(23)28)16-20-9-5-3-6-10-20/h3-15H,16-17H2,1-2H3. The van der Waals surface area contributed by atoms with E-state index in [-0.39, 0.29) is 18.4 Å². The van der Waals surface area contributed by atoms with Crippen LogP contribution in [0.5, 0.6) is 0 Å². The quantitative estimate of drug-likeness (QED) is 0.500. The molecule has 0 aromatic heterocycles. The molecule has 0 spiro atoms. The first-order chi connectivity index (χ1) is 14.5. The molecule has 3 aromatic carbocycles. The van der Waals surface area contributed by atoms with E-state index in [1.165, 1.54) is 16.7 Å². The van der Waals surface area contributed by atoms with E-state index < -0.39 is 0 Å². The Labute approximate surface area is 181 Å². The summed E-state index contributed by atoms with van der Waals surface area (Å²) in [6, 6.07) is 25.7. The van der Waals surface area contributed by atoms with Crippen molar-refractivity contribution >= 4 is 29.1 Å². The molecule has 0 aliphatic carbocycles. The number of carbonyl (C=O) groups is 2. The third-order valence-electron chi connectivity index (χ3n) is 5.19. The van der Waals surface area contributed by atoms with Gasteiger partial charge in [-0.1, -0.05) is 84.4 Å². The highest BCUT2D eigenvalue weighted by molar-refractivity contribution is 8.03. The Hall–Kier alpha value is -3.11. The fourth-order valence-electron chi connectivity index (χ4n) is 3.66. The number of thioether (sulfide) groups is 1. The SMILES string of the molecule is Cc1ccc(C2=C(SCc3ccccc3)C(=O)N(Cc3ccccc3)C2=O)c(C)c1. The van der Waals surface area contributed by atoms with Crippen LogP contribution in [0.1, 0.15) is 27.8 Å². The summed E-state index contributed by atoms with van der Waals surface area (Å²) in [5, 5.41) is 0. The molecule has 3 aromatic rings. The van der Waals surface area contributed by atoms with Gasteiger partial charge in [0.2, 0.25) is 0 Å². The Bertz CT molecular complexity index is 1120. The van der Waals surface area contributed by atoms with Crippen molar-refractivity contribution in [2.45, 2.75) is 26.1 Å². The summed E-state index contributed by atoms with van der Waals surface area (Å²) < 4.78 is 0. The topological polar surface area (TPSA) is 37.4 Å². The van der Waals surface area contributed by atoms with Crippen molar-refractivity contribution in [3.8, 4) is 0 Å². The first-order valence-corrected chi connectivity index (χ1v) is 10.9. The van der Waals surface area contributed by atoms with E-state index >= 15 is 0 Å². The van der Waals surface area contributed by atoms with Crippen LogP contribution in [-0.4, -0.2) is 16.7 Å². The van der Waals surface area contributed by atoms with Gasteiger partial charge in [-0.2, -0.15) is 0 Å². The summed E-state index contributed by atoms with van der Waals surface area (Å²) in [5.41, 5.74) is 5.56. The van der Waals surface area contributed by atoms with Gasteiger partial charge in [-0.25, -0.2) is 0 Å². The van der Waals surface area contributed by atoms with Gasteiger partial charge in [0.25, 0.3) is 11.8 Å². The Balaban J connectivity index is 1.71.